The van der Waals surface area contributed by atoms with Crippen LogP contribution in [-0.4, -0.2) is 35.9 Å². The Morgan fingerprint density at radius 1 is 1.12 bits per heavy atom. The molecule has 0 saturated carbocycles. The molecule has 1 heterocycles. The lowest BCUT2D eigenvalue weighted by Crippen LogP contribution is -2.41. The lowest BCUT2D eigenvalue weighted by molar-refractivity contribution is 0.123. The third-order valence-corrected chi connectivity index (χ3v) is 5.20. The van der Waals surface area contributed by atoms with Gasteiger partial charge >= 0.3 is 0 Å². The first kappa shape index (κ1) is 18.5. The average Bonchev–Trinajstić information content (AvgIpc) is 2.63. The van der Waals surface area contributed by atoms with Crippen LogP contribution in [0.25, 0.3) is 0 Å². The van der Waals surface area contributed by atoms with E-state index in [4.69, 9.17) is 21.7 Å². The van der Waals surface area contributed by atoms with Gasteiger partial charge in [-0.15, -0.1) is 0 Å². The standard InChI is InChI=1S/C20H24N2O3S/c1-12-5-6-14(9-13(12)2)21-20(26)22-10-15-17(24-3)7-8-18(25-4)19(15)16(23)11-22/h5-9,16,23H,10-11H2,1-4H3,(H,21,26)/t16-/m0/s1. The third kappa shape index (κ3) is 3.48. The smallest absolute Gasteiger partial charge is 0.173 e. The number of aliphatic hydroxyl groups is 1. The molecule has 26 heavy (non-hydrogen) atoms. The lowest BCUT2D eigenvalue weighted by atomic mass is 9.95. The van der Waals surface area contributed by atoms with Gasteiger partial charge in [0.05, 0.1) is 20.8 Å². The largest absolute Gasteiger partial charge is 0.496 e. The molecule has 138 valence electrons. The molecule has 0 amide bonds. The summed E-state index contributed by atoms with van der Waals surface area (Å²) in [5.41, 5.74) is 5.05. The number of methoxy groups -OCH3 is 2. The van der Waals surface area contributed by atoms with E-state index in [-0.39, 0.29) is 0 Å². The van der Waals surface area contributed by atoms with Crippen molar-refractivity contribution in [3.63, 3.8) is 0 Å². The molecule has 0 bridgehead atoms. The van der Waals surface area contributed by atoms with Crippen LogP contribution in [0.2, 0.25) is 0 Å². The number of ether oxygens (including phenoxy) is 2. The summed E-state index contributed by atoms with van der Waals surface area (Å²) in [4.78, 5) is 1.94. The zero-order valence-corrected chi connectivity index (χ0v) is 16.3. The number of hydrogen-bond donors (Lipinski definition) is 2. The topological polar surface area (TPSA) is 54.0 Å². The number of hydrogen-bond acceptors (Lipinski definition) is 4. The van der Waals surface area contributed by atoms with Crippen LogP contribution in [0.1, 0.15) is 28.4 Å². The van der Waals surface area contributed by atoms with Gasteiger partial charge in [0, 0.05) is 23.4 Å². The fourth-order valence-corrected chi connectivity index (χ4v) is 3.51. The Morgan fingerprint density at radius 3 is 2.46 bits per heavy atom. The van der Waals surface area contributed by atoms with E-state index in [9.17, 15) is 5.11 Å². The van der Waals surface area contributed by atoms with Gasteiger partial charge in [-0.3, -0.25) is 0 Å². The van der Waals surface area contributed by atoms with E-state index in [1.54, 1.807) is 14.2 Å². The normalized spacial score (nSPS) is 16.0. The minimum absolute atomic E-state index is 0.396. The summed E-state index contributed by atoms with van der Waals surface area (Å²) >= 11 is 5.59. The Labute approximate surface area is 159 Å². The predicted molar refractivity (Wildman–Crippen MR) is 107 cm³/mol. The summed E-state index contributed by atoms with van der Waals surface area (Å²) in [6.07, 6.45) is -0.705. The second kappa shape index (κ2) is 7.51. The second-order valence-corrected chi connectivity index (χ2v) is 6.87. The fraction of sp³-hybridized carbons (Fsp3) is 0.350. The molecular formula is C20H24N2O3S. The zero-order chi connectivity index (χ0) is 18.8. The molecule has 2 N–H and O–H groups in total. The summed E-state index contributed by atoms with van der Waals surface area (Å²) in [6, 6.07) is 9.82. The molecule has 1 aliphatic heterocycles. The quantitative estimate of drug-likeness (QED) is 0.804. The number of aryl methyl sites for hydroxylation is 2. The molecule has 0 aliphatic carbocycles. The van der Waals surface area contributed by atoms with Crippen LogP contribution in [0.4, 0.5) is 5.69 Å². The summed E-state index contributed by atoms with van der Waals surface area (Å²) in [5, 5.41) is 14.5. The fourth-order valence-electron chi connectivity index (χ4n) is 3.25. The molecule has 2 aromatic rings. The number of β-amino-alcohol motifs (C(OH)–C–C–N with tert-alkyl or cyclic N) is 1. The number of fused-ring (bicyclic) bond motifs is 1. The van der Waals surface area contributed by atoms with E-state index in [0.717, 1.165) is 22.6 Å². The minimum atomic E-state index is -0.705. The van der Waals surface area contributed by atoms with Gasteiger partial charge < -0.3 is 24.8 Å². The number of benzene rings is 2. The van der Waals surface area contributed by atoms with Crippen molar-refractivity contribution in [1.82, 2.24) is 4.90 Å². The minimum Gasteiger partial charge on any atom is -0.496 e. The number of rotatable bonds is 3. The first-order valence-corrected chi connectivity index (χ1v) is 8.90. The van der Waals surface area contributed by atoms with Gasteiger partial charge in [-0.05, 0) is 61.5 Å². The van der Waals surface area contributed by atoms with Crippen molar-refractivity contribution in [2.24, 2.45) is 0 Å². The molecule has 3 rings (SSSR count). The molecule has 0 unspecified atom stereocenters. The van der Waals surface area contributed by atoms with E-state index in [0.29, 0.717) is 24.0 Å². The third-order valence-electron chi connectivity index (χ3n) is 4.83. The van der Waals surface area contributed by atoms with Crippen molar-refractivity contribution in [2.75, 3.05) is 26.1 Å². The van der Waals surface area contributed by atoms with E-state index in [2.05, 4.69) is 31.3 Å². The first-order chi connectivity index (χ1) is 12.4. The molecule has 0 radical (unpaired) electrons. The molecule has 0 saturated heterocycles. The van der Waals surface area contributed by atoms with Gasteiger partial charge in [-0.1, -0.05) is 6.07 Å². The number of aliphatic hydroxyl groups excluding tert-OH is 1. The highest BCUT2D eigenvalue weighted by molar-refractivity contribution is 7.80. The van der Waals surface area contributed by atoms with E-state index in [1.807, 2.05) is 23.1 Å². The molecule has 1 aliphatic rings. The summed E-state index contributed by atoms with van der Waals surface area (Å²) in [6.45, 7) is 5.09. The van der Waals surface area contributed by atoms with Crippen molar-refractivity contribution in [2.45, 2.75) is 26.5 Å². The summed E-state index contributed by atoms with van der Waals surface area (Å²) in [7, 11) is 3.23. The highest BCUT2D eigenvalue weighted by Crippen LogP contribution is 2.39. The molecular weight excluding hydrogens is 348 g/mol. The van der Waals surface area contributed by atoms with Crippen molar-refractivity contribution >= 4 is 23.0 Å². The SMILES string of the molecule is COc1ccc(OC)c2c1CN(C(=S)Nc1ccc(C)c(C)c1)C[C@@H]2O. The van der Waals surface area contributed by atoms with Crippen LogP contribution in [0.5, 0.6) is 11.5 Å². The summed E-state index contributed by atoms with van der Waals surface area (Å²) < 4.78 is 10.9. The maximum Gasteiger partial charge on any atom is 0.173 e. The Kier molecular flexibility index (Phi) is 5.34. The van der Waals surface area contributed by atoms with Crippen LogP contribution in [-0.2, 0) is 6.54 Å². The Balaban J connectivity index is 1.85. The summed E-state index contributed by atoms with van der Waals surface area (Å²) in [5.74, 6) is 1.39. The van der Waals surface area contributed by atoms with Gasteiger partial charge in [0.1, 0.15) is 17.6 Å². The first-order valence-electron chi connectivity index (χ1n) is 8.49. The Bertz CT molecular complexity index is 838. The van der Waals surface area contributed by atoms with Crippen molar-refractivity contribution < 1.29 is 14.6 Å². The number of anilines is 1. The Morgan fingerprint density at radius 2 is 1.81 bits per heavy atom. The van der Waals surface area contributed by atoms with Gasteiger partial charge in [0.2, 0.25) is 0 Å². The van der Waals surface area contributed by atoms with Crippen LogP contribution < -0.4 is 14.8 Å². The molecule has 1 atom stereocenters. The number of thiocarbonyl (C=S) groups is 1. The van der Waals surface area contributed by atoms with Crippen molar-refractivity contribution in [1.29, 1.82) is 0 Å². The van der Waals surface area contributed by atoms with Crippen LogP contribution in [0.15, 0.2) is 30.3 Å². The van der Waals surface area contributed by atoms with Gasteiger partial charge in [-0.25, -0.2) is 0 Å². The Hall–Kier alpha value is -2.31. The maximum absolute atomic E-state index is 10.7. The lowest BCUT2D eigenvalue weighted by Gasteiger charge is -2.35. The van der Waals surface area contributed by atoms with Gasteiger partial charge in [0.25, 0.3) is 0 Å². The molecule has 2 aromatic carbocycles. The number of nitrogens with one attached hydrogen (secondary N) is 1. The molecule has 6 heteroatoms. The predicted octanol–water partition coefficient (Wildman–Crippen LogP) is 3.57. The molecule has 0 fully saturated rings. The second-order valence-electron chi connectivity index (χ2n) is 6.49. The van der Waals surface area contributed by atoms with Crippen LogP contribution in [0, 0.1) is 13.8 Å². The molecule has 5 nitrogen and oxygen atoms in total. The average molecular weight is 372 g/mol. The van der Waals surface area contributed by atoms with Crippen molar-refractivity contribution in [3.8, 4) is 11.5 Å². The highest BCUT2D eigenvalue weighted by Gasteiger charge is 2.30. The van der Waals surface area contributed by atoms with Gasteiger partial charge in [0.15, 0.2) is 5.11 Å². The zero-order valence-electron chi connectivity index (χ0n) is 15.5. The van der Waals surface area contributed by atoms with E-state index in [1.165, 1.54) is 11.1 Å². The van der Waals surface area contributed by atoms with E-state index < -0.39 is 6.10 Å². The highest BCUT2D eigenvalue weighted by atomic mass is 32.1. The van der Waals surface area contributed by atoms with Gasteiger partial charge in [-0.2, -0.15) is 0 Å². The maximum atomic E-state index is 10.7. The van der Waals surface area contributed by atoms with E-state index >= 15 is 0 Å². The van der Waals surface area contributed by atoms with Crippen molar-refractivity contribution in [3.05, 3.63) is 52.6 Å². The van der Waals surface area contributed by atoms with Crippen LogP contribution in [0.3, 0.4) is 0 Å². The monoisotopic (exact) mass is 372 g/mol. The van der Waals surface area contributed by atoms with Crippen LogP contribution >= 0.6 is 12.2 Å². The molecule has 0 spiro atoms. The number of nitrogens with zero attached hydrogens (tertiary/aromatic N) is 1. The molecule has 0 aromatic heterocycles.